The highest BCUT2D eigenvalue weighted by Gasteiger charge is 2.26. The molecule has 0 bridgehead atoms. The number of hydrogen-bond donors (Lipinski definition) is 1. The Morgan fingerprint density at radius 1 is 0.500 bits per heavy atom. The number of hydrogen-bond acceptors (Lipinski definition) is 5. The zero-order valence-electron chi connectivity index (χ0n) is 25.7. The van der Waals surface area contributed by atoms with E-state index < -0.39 is 0 Å². The van der Waals surface area contributed by atoms with Crippen LogP contribution in [0.5, 0.6) is 0 Å². The third-order valence-corrected chi connectivity index (χ3v) is 9.34. The number of aliphatic imine (C=N–C) groups is 2. The van der Waals surface area contributed by atoms with Crippen LogP contribution in [0.2, 0.25) is 0 Å². The predicted octanol–water partition coefficient (Wildman–Crippen LogP) is 10.8. The average Bonchev–Trinajstić information content (AvgIpc) is 3.72. The number of nitrogens with zero attached hydrogens (tertiary/aromatic N) is 2. The lowest BCUT2D eigenvalue weighted by Gasteiger charge is -2.25. The fourth-order valence-electron chi connectivity index (χ4n) is 7.03. The van der Waals surface area contributed by atoms with E-state index in [1.807, 2.05) is 54.6 Å². The highest BCUT2D eigenvalue weighted by Crippen LogP contribution is 2.40. The molecular weight excluding hydrogens is 590 g/mol. The Morgan fingerprint density at radius 3 is 2.04 bits per heavy atom. The van der Waals surface area contributed by atoms with Crippen LogP contribution >= 0.6 is 0 Å². The summed E-state index contributed by atoms with van der Waals surface area (Å²) in [5.41, 5.74) is 8.44. The largest absolute Gasteiger partial charge is 0.456 e. The summed E-state index contributed by atoms with van der Waals surface area (Å²) in [4.78, 5) is 10.7. The number of fused-ring (bicyclic) bond motifs is 7. The molecule has 1 N–H and O–H groups in total. The molecule has 2 aromatic heterocycles. The maximum atomic E-state index is 6.42. The maximum absolute atomic E-state index is 6.42. The van der Waals surface area contributed by atoms with Crippen molar-refractivity contribution in [2.45, 2.75) is 6.17 Å². The number of rotatable bonds is 4. The number of para-hydroxylation sites is 2. The minimum Gasteiger partial charge on any atom is -0.456 e. The molecule has 5 heteroatoms. The number of furan rings is 2. The van der Waals surface area contributed by atoms with Gasteiger partial charge in [-0.15, -0.1) is 0 Å². The van der Waals surface area contributed by atoms with Gasteiger partial charge in [0.05, 0.1) is 0 Å². The van der Waals surface area contributed by atoms with Crippen molar-refractivity contribution in [2.75, 3.05) is 0 Å². The minimum absolute atomic E-state index is 0.358. The third kappa shape index (κ3) is 4.25. The molecule has 48 heavy (non-hydrogen) atoms. The van der Waals surface area contributed by atoms with Crippen molar-refractivity contribution in [1.29, 1.82) is 0 Å². The number of amidine groups is 2. The van der Waals surface area contributed by atoms with Crippen LogP contribution in [0.25, 0.3) is 65.8 Å². The molecule has 0 saturated carbocycles. The Labute approximate surface area is 275 Å². The average molecular weight is 618 g/mol. The molecule has 1 aliphatic heterocycles. The normalized spacial score (nSPS) is 14.9. The Hall–Kier alpha value is -6.46. The SMILES string of the molecule is c1ccc(C2N=C(c3c(-c4ccc5ccccc5c4)ccc4oc5ccccc5c34)N=C(c3ccc4oc5ccccc5c4c3)N2)cc1. The van der Waals surface area contributed by atoms with E-state index in [1.54, 1.807) is 0 Å². The molecule has 226 valence electrons. The molecule has 0 fully saturated rings. The van der Waals surface area contributed by atoms with Crippen molar-refractivity contribution in [3.63, 3.8) is 0 Å². The number of benzene rings is 7. The van der Waals surface area contributed by atoms with Crippen LogP contribution in [-0.2, 0) is 0 Å². The van der Waals surface area contributed by atoms with Crippen molar-refractivity contribution in [2.24, 2.45) is 9.98 Å². The molecule has 3 heterocycles. The lowest BCUT2D eigenvalue weighted by atomic mass is 9.93. The van der Waals surface area contributed by atoms with E-state index in [4.69, 9.17) is 18.8 Å². The van der Waals surface area contributed by atoms with E-state index in [9.17, 15) is 0 Å². The molecule has 7 aromatic carbocycles. The molecule has 9 aromatic rings. The Kier molecular flexibility index (Phi) is 5.87. The van der Waals surface area contributed by atoms with Crippen LogP contribution in [0.4, 0.5) is 0 Å². The minimum atomic E-state index is -0.358. The molecule has 0 aliphatic carbocycles. The summed E-state index contributed by atoms with van der Waals surface area (Å²) >= 11 is 0. The Bertz CT molecular complexity index is 2770. The molecule has 1 atom stereocenters. The monoisotopic (exact) mass is 617 g/mol. The molecule has 0 amide bonds. The first-order chi connectivity index (χ1) is 23.8. The highest BCUT2D eigenvalue weighted by molar-refractivity contribution is 6.25. The second-order valence-corrected chi connectivity index (χ2v) is 12.2. The first-order valence-corrected chi connectivity index (χ1v) is 16.1. The van der Waals surface area contributed by atoms with E-state index in [0.29, 0.717) is 5.84 Å². The molecule has 0 spiro atoms. The van der Waals surface area contributed by atoms with Gasteiger partial charge in [0.25, 0.3) is 0 Å². The summed E-state index contributed by atoms with van der Waals surface area (Å²) in [5.74, 6) is 1.39. The van der Waals surface area contributed by atoms with Gasteiger partial charge in [0.15, 0.2) is 5.84 Å². The summed E-state index contributed by atoms with van der Waals surface area (Å²) in [6.45, 7) is 0. The standard InChI is InChI=1S/C43H27N3O2/c1-2-11-27(12-3-1)41-44-42(30-20-22-37-34(25-30)32-14-6-8-16-35(32)47-37)46-43(45-41)40-31(29-19-18-26-10-4-5-13-28(26)24-29)21-23-38-39(40)33-15-7-9-17-36(33)48-38/h1-25,41H,(H,44,45,46). The predicted molar refractivity (Wildman–Crippen MR) is 196 cm³/mol. The van der Waals surface area contributed by atoms with Gasteiger partial charge in [-0.1, -0.05) is 103 Å². The summed E-state index contributed by atoms with van der Waals surface area (Å²) in [7, 11) is 0. The van der Waals surface area contributed by atoms with Gasteiger partial charge < -0.3 is 14.2 Å². The van der Waals surface area contributed by atoms with Crippen molar-refractivity contribution in [1.82, 2.24) is 5.32 Å². The van der Waals surface area contributed by atoms with Crippen molar-refractivity contribution < 1.29 is 8.83 Å². The lowest BCUT2D eigenvalue weighted by molar-refractivity contribution is 0.667. The van der Waals surface area contributed by atoms with E-state index >= 15 is 0 Å². The van der Waals surface area contributed by atoms with Crippen LogP contribution in [0.1, 0.15) is 22.9 Å². The first-order valence-electron chi connectivity index (χ1n) is 16.1. The topological polar surface area (TPSA) is 63.0 Å². The van der Waals surface area contributed by atoms with Gasteiger partial charge in [-0.3, -0.25) is 0 Å². The van der Waals surface area contributed by atoms with E-state index in [1.165, 1.54) is 10.8 Å². The summed E-state index contributed by atoms with van der Waals surface area (Å²) in [6.07, 6.45) is -0.358. The lowest BCUT2D eigenvalue weighted by Crippen LogP contribution is -2.33. The van der Waals surface area contributed by atoms with Crippen LogP contribution in [0.15, 0.2) is 170 Å². The highest BCUT2D eigenvalue weighted by atomic mass is 16.3. The molecule has 1 unspecified atom stereocenters. The fourth-order valence-corrected chi connectivity index (χ4v) is 7.03. The summed E-state index contributed by atoms with van der Waals surface area (Å²) in [5, 5.41) is 10.2. The quantitative estimate of drug-likeness (QED) is 0.214. The summed E-state index contributed by atoms with van der Waals surface area (Å²) < 4.78 is 12.6. The molecule has 10 rings (SSSR count). The second kappa shape index (κ2) is 10.5. The van der Waals surface area contributed by atoms with E-state index in [0.717, 1.165) is 77.5 Å². The molecule has 1 aliphatic rings. The van der Waals surface area contributed by atoms with Gasteiger partial charge in [-0.05, 0) is 76.0 Å². The zero-order valence-corrected chi connectivity index (χ0v) is 25.7. The van der Waals surface area contributed by atoms with Crippen molar-refractivity contribution in [3.05, 3.63) is 168 Å². The van der Waals surface area contributed by atoms with Gasteiger partial charge in [-0.2, -0.15) is 0 Å². The van der Waals surface area contributed by atoms with Gasteiger partial charge in [0.1, 0.15) is 34.3 Å². The zero-order chi connectivity index (χ0) is 31.6. The molecule has 5 nitrogen and oxygen atoms in total. The first kappa shape index (κ1) is 26.7. The fraction of sp³-hybridized carbons (Fsp3) is 0.0233. The number of nitrogens with one attached hydrogen (secondary N) is 1. The van der Waals surface area contributed by atoms with E-state index in [-0.39, 0.29) is 6.17 Å². The molecule has 0 radical (unpaired) electrons. The molecule has 0 saturated heterocycles. The van der Waals surface area contributed by atoms with Crippen molar-refractivity contribution >= 4 is 66.3 Å². The molecular formula is C43H27N3O2. The van der Waals surface area contributed by atoms with Crippen molar-refractivity contribution in [3.8, 4) is 11.1 Å². The second-order valence-electron chi connectivity index (χ2n) is 12.2. The smallest absolute Gasteiger partial charge is 0.160 e. The Morgan fingerprint density at radius 2 is 1.17 bits per heavy atom. The van der Waals surface area contributed by atoms with Gasteiger partial charge in [0, 0.05) is 32.7 Å². The van der Waals surface area contributed by atoms with E-state index in [2.05, 4.69) is 102 Å². The van der Waals surface area contributed by atoms with Crippen LogP contribution < -0.4 is 5.32 Å². The van der Waals surface area contributed by atoms with Crippen LogP contribution in [-0.4, -0.2) is 11.7 Å². The van der Waals surface area contributed by atoms with Gasteiger partial charge >= 0.3 is 0 Å². The maximum Gasteiger partial charge on any atom is 0.160 e. The Balaban J connectivity index is 1.25. The van der Waals surface area contributed by atoms with Gasteiger partial charge in [0.2, 0.25) is 0 Å². The summed E-state index contributed by atoms with van der Waals surface area (Å²) in [6, 6.07) is 52.2. The van der Waals surface area contributed by atoms with Crippen LogP contribution in [0, 0.1) is 0 Å². The third-order valence-electron chi connectivity index (χ3n) is 9.34. The van der Waals surface area contributed by atoms with Crippen LogP contribution in [0.3, 0.4) is 0 Å². The van der Waals surface area contributed by atoms with Gasteiger partial charge in [-0.25, -0.2) is 9.98 Å².